The molecule has 5 rings (SSSR count). The second kappa shape index (κ2) is 12.6. The number of ether oxygens (including phenoxy) is 1. The third kappa shape index (κ3) is 6.63. The number of nitrogens with two attached hydrogens (primary N) is 1. The van der Waals surface area contributed by atoms with Gasteiger partial charge in [-0.2, -0.15) is 9.98 Å². The minimum absolute atomic E-state index is 0.0802. The van der Waals surface area contributed by atoms with Crippen LogP contribution in [0, 0.1) is 6.92 Å². The lowest BCUT2D eigenvalue weighted by molar-refractivity contribution is -0.117. The number of H-pyrrole nitrogens is 1. The molecule has 0 aliphatic carbocycles. The van der Waals surface area contributed by atoms with Gasteiger partial charge in [0, 0.05) is 62.4 Å². The number of benzene rings is 1. The lowest BCUT2D eigenvalue weighted by Gasteiger charge is -2.16. The zero-order chi connectivity index (χ0) is 29.6. The summed E-state index contributed by atoms with van der Waals surface area (Å²) in [6.45, 7) is 5.44. The van der Waals surface area contributed by atoms with Crippen molar-refractivity contribution in [1.29, 1.82) is 0 Å². The summed E-state index contributed by atoms with van der Waals surface area (Å²) < 4.78 is 5.94. The monoisotopic (exact) mass is 569 g/mol. The highest BCUT2D eigenvalue weighted by Gasteiger charge is 2.26. The fraction of sp³-hybridized carbons (Fsp3) is 0.310. The summed E-state index contributed by atoms with van der Waals surface area (Å²) in [5.74, 6) is 1.15. The predicted octanol–water partition coefficient (Wildman–Crippen LogP) is 2.97. The third-order valence-electron chi connectivity index (χ3n) is 6.95. The van der Waals surface area contributed by atoms with Crippen LogP contribution in [0.1, 0.15) is 18.9 Å². The number of aliphatic imine (C=N–C) groups is 1. The van der Waals surface area contributed by atoms with E-state index in [0.29, 0.717) is 29.9 Å². The second-order valence-electron chi connectivity index (χ2n) is 10.0. The van der Waals surface area contributed by atoms with E-state index >= 15 is 0 Å². The summed E-state index contributed by atoms with van der Waals surface area (Å²) in [6.07, 6.45) is 7.69. The SMILES string of the molecule is CN/C(C)=C\C(N)=N/c1ncc(C)c(-c2c[nH]c3c(NC(=O)CN4CC[C@H](Oc5nccc(NC)n5)C4)cccc23)n1. The molecule has 1 aliphatic rings. The molecule has 13 nitrogen and oxygen atoms in total. The molecule has 4 heterocycles. The van der Waals surface area contributed by atoms with E-state index in [0.717, 1.165) is 46.4 Å². The first-order valence-electron chi connectivity index (χ1n) is 13.7. The number of fused-ring (bicyclic) bond motifs is 1. The molecule has 0 unspecified atom stereocenters. The molecule has 1 aliphatic heterocycles. The zero-order valence-electron chi connectivity index (χ0n) is 24.1. The number of amides is 1. The number of aromatic nitrogens is 5. The lowest BCUT2D eigenvalue weighted by Crippen LogP contribution is -2.33. The van der Waals surface area contributed by atoms with Crippen molar-refractivity contribution in [2.75, 3.05) is 44.4 Å². The summed E-state index contributed by atoms with van der Waals surface area (Å²) in [5.41, 5.74) is 10.9. The predicted molar refractivity (Wildman–Crippen MR) is 164 cm³/mol. The Morgan fingerprint density at radius 3 is 2.93 bits per heavy atom. The van der Waals surface area contributed by atoms with Gasteiger partial charge >= 0.3 is 6.01 Å². The number of nitrogens with one attached hydrogen (secondary N) is 4. The van der Waals surface area contributed by atoms with Crippen LogP contribution in [0.2, 0.25) is 0 Å². The van der Waals surface area contributed by atoms with Crippen LogP contribution in [0.25, 0.3) is 22.2 Å². The quantitative estimate of drug-likeness (QED) is 0.141. The molecular formula is C29H35N11O2. The number of rotatable bonds is 10. The summed E-state index contributed by atoms with van der Waals surface area (Å²) in [4.78, 5) is 40.3. The summed E-state index contributed by atoms with van der Waals surface area (Å²) >= 11 is 0. The Morgan fingerprint density at radius 2 is 2.12 bits per heavy atom. The van der Waals surface area contributed by atoms with Gasteiger partial charge in [-0.3, -0.25) is 9.69 Å². The maximum atomic E-state index is 13.0. The van der Waals surface area contributed by atoms with Gasteiger partial charge in [0.1, 0.15) is 17.8 Å². The number of nitrogens with zero attached hydrogens (tertiary/aromatic N) is 6. The van der Waals surface area contributed by atoms with Crippen LogP contribution < -0.4 is 26.4 Å². The number of allylic oxidation sites excluding steroid dienone is 1. The normalized spacial score (nSPS) is 16.0. The second-order valence-corrected chi connectivity index (χ2v) is 10.0. The first-order chi connectivity index (χ1) is 20.3. The Labute approximate surface area is 243 Å². The largest absolute Gasteiger partial charge is 0.459 e. The van der Waals surface area contributed by atoms with E-state index in [9.17, 15) is 4.79 Å². The van der Waals surface area contributed by atoms with E-state index in [-0.39, 0.29) is 24.5 Å². The van der Waals surface area contributed by atoms with Crippen LogP contribution >= 0.6 is 0 Å². The van der Waals surface area contributed by atoms with Crippen LogP contribution in [-0.4, -0.2) is 81.4 Å². The molecule has 1 amide bonds. The van der Waals surface area contributed by atoms with Crippen LogP contribution in [0.3, 0.4) is 0 Å². The highest BCUT2D eigenvalue weighted by molar-refractivity contribution is 6.06. The molecule has 0 saturated carbocycles. The Kier molecular flexibility index (Phi) is 8.58. The molecule has 4 aromatic rings. The van der Waals surface area contributed by atoms with Crippen molar-refractivity contribution < 1.29 is 9.53 Å². The fourth-order valence-corrected chi connectivity index (χ4v) is 4.77. The molecule has 1 saturated heterocycles. The highest BCUT2D eigenvalue weighted by atomic mass is 16.5. The van der Waals surface area contributed by atoms with Crippen molar-refractivity contribution in [3.8, 4) is 17.3 Å². The highest BCUT2D eigenvalue weighted by Crippen LogP contribution is 2.33. The third-order valence-corrected chi connectivity index (χ3v) is 6.95. The molecule has 1 atom stereocenters. The van der Waals surface area contributed by atoms with E-state index < -0.39 is 0 Å². The van der Waals surface area contributed by atoms with Crippen molar-refractivity contribution >= 4 is 40.1 Å². The number of carbonyl (C=O) groups is 1. The van der Waals surface area contributed by atoms with Gasteiger partial charge in [0.15, 0.2) is 0 Å². The molecule has 6 N–H and O–H groups in total. The van der Waals surface area contributed by atoms with Gasteiger partial charge in [0.2, 0.25) is 5.91 Å². The lowest BCUT2D eigenvalue weighted by atomic mass is 10.1. The minimum atomic E-state index is -0.108. The van der Waals surface area contributed by atoms with Crippen LogP contribution in [0.15, 0.2) is 59.6 Å². The average Bonchev–Trinajstić information content (AvgIpc) is 3.61. The Balaban J connectivity index is 1.27. The van der Waals surface area contributed by atoms with Gasteiger partial charge in [-0.25, -0.2) is 15.0 Å². The Morgan fingerprint density at radius 1 is 1.26 bits per heavy atom. The summed E-state index contributed by atoms with van der Waals surface area (Å²) in [7, 11) is 3.61. The van der Waals surface area contributed by atoms with E-state index in [4.69, 9.17) is 10.5 Å². The van der Waals surface area contributed by atoms with E-state index in [1.165, 1.54) is 0 Å². The number of amidine groups is 1. The van der Waals surface area contributed by atoms with Crippen LogP contribution in [0.5, 0.6) is 6.01 Å². The number of likely N-dealkylation sites (tertiary alicyclic amines) is 1. The van der Waals surface area contributed by atoms with Gasteiger partial charge < -0.3 is 31.4 Å². The van der Waals surface area contributed by atoms with Crippen molar-refractivity contribution in [2.24, 2.45) is 10.7 Å². The van der Waals surface area contributed by atoms with Gasteiger partial charge in [0.25, 0.3) is 5.95 Å². The van der Waals surface area contributed by atoms with Crippen LogP contribution in [0.4, 0.5) is 17.5 Å². The van der Waals surface area contributed by atoms with Crippen LogP contribution in [-0.2, 0) is 4.79 Å². The topological polar surface area (TPSA) is 171 Å². The Bertz CT molecular complexity index is 1650. The fourth-order valence-electron chi connectivity index (χ4n) is 4.77. The van der Waals surface area contributed by atoms with E-state index in [1.807, 2.05) is 45.3 Å². The van der Waals surface area contributed by atoms with Gasteiger partial charge in [-0.15, -0.1) is 0 Å². The molecular weight excluding hydrogens is 534 g/mol. The molecule has 3 aromatic heterocycles. The average molecular weight is 570 g/mol. The van der Waals surface area contributed by atoms with Gasteiger partial charge in [0.05, 0.1) is 23.4 Å². The molecule has 1 aromatic carbocycles. The molecule has 42 heavy (non-hydrogen) atoms. The molecule has 1 fully saturated rings. The molecule has 0 spiro atoms. The number of aromatic amines is 1. The zero-order valence-corrected chi connectivity index (χ0v) is 24.1. The molecule has 13 heteroatoms. The maximum absolute atomic E-state index is 13.0. The van der Waals surface area contributed by atoms with Crippen molar-refractivity contribution in [2.45, 2.75) is 26.4 Å². The molecule has 0 radical (unpaired) electrons. The standard InChI is InChI=1S/C29H35N11O2/c1-17-13-35-28(37-23(30)12-18(2)31-3)39-26(17)21-14-34-27-20(21)6-5-7-22(27)36-25(41)16-40-11-9-19(15-40)42-29-33-10-8-24(32-4)38-29/h5-8,10,12-14,19,31,34H,9,11,15-16H2,1-4H3,(H,36,41)(H,32,33,38)(H2,30,35,37,39)/b18-12-/t19-/m0/s1. The van der Waals surface area contributed by atoms with Gasteiger partial charge in [-0.05, 0) is 44.0 Å². The number of anilines is 2. The van der Waals surface area contributed by atoms with Crippen molar-refractivity contribution in [3.63, 3.8) is 0 Å². The first-order valence-corrected chi connectivity index (χ1v) is 13.7. The number of aryl methyl sites for hydroxylation is 1. The van der Waals surface area contributed by atoms with Crippen molar-refractivity contribution in [1.82, 2.24) is 35.1 Å². The number of carbonyl (C=O) groups excluding carboxylic acids is 1. The number of hydrogen-bond donors (Lipinski definition) is 5. The van der Waals surface area contributed by atoms with E-state index in [1.54, 1.807) is 31.6 Å². The molecule has 0 bridgehead atoms. The van der Waals surface area contributed by atoms with E-state index in [2.05, 4.69) is 50.8 Å². The molecule has 218 valence electrons. The Hall–Kier alpha value is -5.04. The van der Waals surface area contributed by atoms with Gasteiger partial charge in [-0.1, -0.05) is 12.1 Å². The number of hydrogen-bond acceptors (Lipinski definition) is 10. The summed E-state index contributed by atoms with van der Waals surface area (Å²) in [6, 6.07) is 7.88. The smallest absolute Gasteiger partial charge is 0.318 e. The van der Waals surface area contributed by atoms with Crippen molar-refractivity contribution in [3.05, 3.63) is 60.2 Å². The maximum Gasteiger partial charge on any atom is 0.318 e. The summed E-state index contributed by atoms with van der Waals surface area (Å²) in [5, 5.41) is 9.97. The first kappa shape index (κ1) is 28.5. The number of para-hydroxylation sites is 1. The minimum Gasteiger partial charge on any atom is -0.459 e.